The monoisotopic (exact) mass is 403 g/mol. The number of ether oxygens (including phenoxy) is 3. The standard InChI is InChI=1S/C19H24F3NO5/c1-17(2,3)28-16(25)23-11-5-10-18(12-23,15(24)26-4)27-14-8-6-13(7-9-14)19(20,21)22/h6-9H,5,10-12H2,1-4H3. The van der Waals surface area contributed by atoms with Crippen LogP contribution in [0.3, 0.4) is 0 Å². The Kier molecular flexibility index (Phi) is 6.15. The summed E-state index contributed by atoms with van der Waals surface area (Å²) in [6.45, 7) is 5.41. The van der Waals surface area contributed by atoms with Crippen LogP contribution in [0.2, 0.25) is 0 Å². The molecule has 0 aliphatic carbocycles. The van der Waals surface area contributed by atoms with Gasteiger partial charge in [-0.15, -0.1) is 0 Å². The normalized spacial score (nSPS) is 20.5. The number of hydrogen-bond donors (Lipinski definition) is 0. The van der Waals surface area contributed by atoms with Crippen molar-refractivity contribution in [1.82, 2.24) is 4.90 Å². The maximum atomic E-state index is 12.7. The Bertz CT molecular complexity index is 712. The van der Waals surface area contributed by atoms with E-state index in [4.69, 9.17) is 14.2 Å². The van der Waals surface area contributed by atoms with Gasteiger partial charge in [-0.2, -0.15) is 13.2 Å². The first-order valence-corrected chi connectivity index (χ1v) is 8.79. The summed E-state index contributed by atoms with van der Waals surface area (Å²) in [7, 11) is 1.19. The van der Waals surface area contributed by atoms with Crippen molar-refractivity contribution in [3.05, 3.63) is 29.8 Å². The van der Waals surface area contributed by atoms with Gasteiger partial charge in [0.2, 0.25) is 5.60 Å². The molecule has 1 amide bonds. The fourth-order valence-electron chi connectivity index (χ4n) is 2.92. The predicted octanol–water partition coefficient (Wildman–Crippen LogP) is 4.03. The summed E-state index contributed by atoms with van der Waals surface area (Å²) in [5.74, 6) is -0.634. The maximum absolute atomic E-state index is 12.7. The van der Waals surface area contributed by atoms with E-state index in [0.717, 1.165) is 24.3 Å². The lowest BCUT2D eigenvalue weighted by Gasteiger charge is -2.40. The molecule has 9 heteroatoms. The van der Waals surface area contributed by atoms with Gasteiger partial charge < -0.3 is 19.1 Å². The number of nitrogens with zero attached hydrogens (tertiary/aromatic N) is 1. The smallest absolute Gasteiger partial charge is 0.416 e. The zero-order chi connectivity index (χ0) is 21.2. The minimum absolute atomic E-state index is 0.0736. The molecule has 0 spiro atoms. The number of methoxy groups -OCH3 is 1. The molecular weight excluding hydrogens is 379 g/mol. The van der Waals surface area contributed by atoms with Gasteiger partial charge in [-0.3, -0.25) is 0 Å². The van der Waals surface area contributed by atoms with Crippen molar-refractivity contribution in [2.24, 2.45) is 0 Å². The molecule has 6 nitrogen and oxygen atoms in total. The van der Waals surface area contributed by atoms with E-state index in [1.165, 1.54) is 12.0 Å². The number of likely N-dealkylation sites (tertiary alicyclic amines) is 1. The predicted molar refractivity (Wildman–Crippen MR) is 93.9 cm³/mol. The van der Waals surface area contributed by atoms with Crippen LogP contribution in [0.4, 0.5) is 18.0 Å². The first kappa shape index (κ1) is 21.8. The van der Waals surface area contributed by atoms with E-state index in [0.29, 0.717) is 13.0 Å². The molecule has 1 saturated heterocycles. The average molecular weight is 403 g/mol. The summed E-state index contributed by atoms with van der Waals surface area (Å²) < 4.78 is 54.2. The Morgan fingerprint density at radius 1 is 1.11 bits per heavy atom. The average Bonchev–Trinajstić information content (AvgIpc) is 2.59. The van der Waals surface area contributed by atoms with Crippen LogP contribution in [0, 0.1) is 0 Å². The van der Waals surface area contributed by atoms with Crippen molar-refractivity contribution in [2.75, 3.05) is 20.2 Å². The van der Waals surface area contributed by atoms with Gasteiger partial charge in [0.25, 0.3) is 0 Å². The largest absolute Gasteiger partial charge is 0.474 e. The molecular formula is C19H24F3NO5. The minimum Gasteiger partial charge on any atom is -0.474 e. The third-order valence-electron chi connectivity index (χ3n) is 4.16. The van der Waals surface area contributed by atoms with E-state index < -0.39 is 35.0 Å². The Labute approximate surface area is 161 Å². The Morgan fingerprint density at radius 2 is 1.71 bits per heavy atom. The fraction of sp³-hybridized carbons (Fsp3) is 0.579. The second kappa shape index (κ2) is 7.89. The van der Waals surface area contributed by atoms with Crippen LogP contribution in [-0.4, -0.2) is 48.4 Å². The molecule has 0 saturated carbocycles. The fourth-order valence-corrected chi connectivity index (χ4v) is 2.92. The molecule has 1 atom stereocenters. The minimum atomic E-state index is -4.48. The Morgan fingerprint density at radius 3 is 2.21 bits per heavy atom. The molecule has 28 heavy (non-hydrogen) atoms. The van der Waals surface area contributed by atoms with Crippen LogP contribution in [0.5, 0.6) is 5.75 Å². The van der Waals surface area contributed by atoms with Crippen molar-refractivity contribution in [3.8, 4) is 5.75 Å². The van der Waals surface area contributed by atoms with E-state index in [2.05, 4.69) is 0 Å². The topological polar surface area (TPSA) is 65.1 Å². The van der Waals surface area contributed by atoms with Crippen molar-refractivity contribution in [1.29, 1.82) is 0 Å². The molecule has 1 aliphatic heterocycles. The van der Waals surface area contributed by atoms with E-state index in [1.54, 1.807) is 20.8 Å². The maximum Gasteiger partial charge on any atom is 0.416 e. The lowest BCUT2D eigenvalue weighted by atomic mass is 9.92. The molecule has 0 aromatic heterocycles. The number of hydrogen-bond acceptors (Lipinski definition) is 5. The van der Waals surface area contributed by atoms with Gasteiger partial charge in [0.1, 0.15) is 11.4 Å². The molecule has 0 radical (unpaired) electrons. The van der Waals surface area contributed by atoms with Crippen LogP contribution in [0.1, 0.15) is 39.2 Å². The van der Waals surface area contributed by atoms with Crippen molar-refractivity contribution >= 4 is 12.1 Å². The number of benzene rings is 1. The zero-order valence-corrected chi connectivity index (χ0v) is 16.3. The molecule has 1 unspecified atom stereocenters. The molecule has 2 rings (SSSR count). The van der Waals surface area contributed by atoms with Crippen LogP contribution in [0.25, 0.3) is 0 Å². The van der Waals surface area contributed by atoms with Crippen molar-refractivity contribution < 1.29 is 37.0 Å². The van der Waals surface area contributed by atoms with Gasteiger partial charge in [0, 0.05) is 13.0 Å². The number of alkyl halides is 3. The Hall–Kier alpha value is -2.45. The molecule has 1 heterocycles. The summed E-state index contributed by atoms with van der Waals surface area (Å²) in [5, 5.41) is 0. The van der Waals surface area contributed by atoms with Crippen molar-refractivity contribution in [3.63, 3.8) is 0 Å². The van der Waals surface area contributed by atoms with E-state index in [-0.39, 0.29) is 18.7 Å². The number of halogens is 3. The second-order valence-corrected chi connectivity index (χ2v) is 7.62. The molecule has 156 valence electrons. The molecule has 1 aliphatic rings. The van der Waals surface area contributed by atoms with Gasteiger partial charge in [-0.1, -0.05) is 0 Å². The molecule has 0 bridgehead atoms. The highest BCUT2D eigenvalue weighted by Gasteiger charge is 2.48. The summed E-state index contributed by atoms with van der Waals surface area (Å²) in [4.78, 5) is 26.2. The van der Waals surface area contributed by atoms with E-state index >= 15 is 0 Å². The number of piperidine rings is 1. The number of carbonyl (C=O) groups excluding carboxylic acids is 2. The number of esters is 1. The van der Waals surface area contributed by atoms with E-state index in [1.807, 2.05) is 0 Å². The lowest BCUT2D eigenvalue weighted by molar-refractivity contribution is -0.163. The molecule has 0 N–H and O–H groups in total. The summed E-state index contributed by atoms with van der Waals surface area (Å²) in [5.41, 5.74) is -3.06. The number of amides is 1. The first-order valence-electron chi connectivity index (χ1n) is 8.79. The van der Waals surface area contributed by atoms with Gasteiger partial charge >= 0.3 is 18.2 Å². The molecule has 1 fully saturated rings. The number of rotatable bonds is 3. The lowest BCUT2D eigenvalue weighted by Crippen LogP contribution is -2.59. The van der Waals surface area contributed by atoms with Crippen LogP contribution in [0.15, 0.2) is 24.3 Å². The first-order chi connectivity index (χ1) is 12.9. The highest BCUT2D eigenvalue weighted by Crippen LogP contribution is 2.33. The van der Waals surface area contributed by atoms with Crippen LogP contribution < -0.4 is 4.74 Å². The van der Waals surface area contributed by atoms with Gasteiger partial charge in [-0.05, 0) is 51.5 Å². The summed E-state index contributed by atoms with van der Waals surface area (Å²) in [6.07, 6.45) is -4.39. The van der Waals surface area contributed by atoms with E-state index in [9.17, 15) is 22.8 Å². The molecule has 1 aromatic rings. The zero-order valence-electron chi connectivity index (χ0n) is 16.3. The highest BCUT2D eigenvalue weighted by molar-refractivity contribution is 5.81. The van der Waals surface area contributed by atoms with Gasteiger partial charge in [0.05, 0.1) is 19.2 Å². The second-order valence-electron chi connectivity index (χ2n) is 7.62. The third kappa shape index (κ3) is 5.30. The number of carbonyl (C=O) groups is 2. The third-order valence-corrected chi connectivity index (χ3v) is 4.16. The van der Waals surface area contributed by atoms with Crippen LogP contribution in [-0.2, 0) is 20.4 Å². The highest BCUT2D eigenvalue weighted by atomic mass is 19.4. The summed E-state index contributed by atoms with van der Waals surface area (Å²) in [6, 6.07) is 4.02. The van der Waals surface area contributed by atoms with Gasteiger partial charge in [0.15, 0.2) is 0 Å². The SMILES string of the molecule is COC(=O)C1(Oc2ccc(C(F)(F)F)cc2)CCCN(C(=O)OC(C)(C)C)C1. The van der Waals surface area contributed by atoms with Gasteiger partial charge in [-0.25, -0.2) is 9.59 Å². The van der Waals surface area contributed by atoms with Crippen LogP contribution >= 0.6 is 0 Å². The Balaban J connectivity index is 2.24. The quantitative estimate of drug-likeness (QED) is 0.713. The summed E-state index contributed by atoms with van der Waals surface area (Å²) >= 11 is 0. The van der Waals surface area contributed by atoms with Crippen molar-refractivity contribution in [2.45, 2.75) is 51.0 Å². The molecule has 1 aromatic carbocycles.